The number of benzene rings is 3. The minimum absolute atomic E-state index is 0.00839. The number of hydrogen-bond acceptors (Lipinski definition) is 3. The Morgan fingerprint density at radius 1 is 0.862 bits per heavy atom. The van der Waals surface area contributed by atoms with Crippen LogP contribution in [0, 0.1) is 0 Å². The lowest BCUT2D eigenvalue weighted by Gasteiger charge is -2.14. The molecule has 0 bridgehead atoms. The average Bonchev–Trinajstić information content (AvgIpc) is 2.77. The van der Waals surface area contributed by atoms with Crippen molar-refractivity contribution in [3.8, 4) is 17.1 Å². The van der Waals surface area contributed by atoms with Gasteiger partial charge in [0.2, 0.25) is 0 Å². The van der Waals surface area contributed by atoms with E-state index in [0.717, 1.165) is 29.7 Å². The Bertz CT molecular complexity index is 1160. The summed E-state index contributed by atoms with van der Waals surface area (Å²) in [5.74, 6) is 1.45. The summed E-state index contributed by atoms with van der Waals surface area (Å²) in [6, 6.07) is 25.2. The highest BCUT2D eigenvalue weighted by Crippen LogP contribution is 2.29. The molecule has 0 saturated carbocycles. The molecule has 0 aliphatic carbocycles. The van der Waals surface area contributed by atoms with Crippen LogP contribution in [0.4, 0.5) is 0 Å². The van der Waals surface area contributed by atoms with Gasteiger partial charge in [-0.3, -0.25) is 4.79 Å². The van der Waals surface area contributed by atoms with Gasteiger partial charge < -0.3 is 9.15 Å². The summed E-state index contributed by atoms with van der Waals surface area (Å²) in [5.41, 5.74) is 3.15. The Balaban J connectivity index is 1.84. The van der Waals surface area contributed by atoms with Crippen LogP contribution in [0.3, 0.4) is 0 Å². The summed E-state index contributed by atoms with van der Waals surface area (Å²) in [6.07, 6.45) is 2.54. The smallest absolute Gasteiger partial charge is 0.196 e. The predicted molar refractivity (Wildman–Crippen MR) is 118 cm³/mol. The molecular weight excluding hydrogens is 360 g/mol. The van der Waals surface area contributed by atoms with E-state index in [4.69, 9.17) is 9.15 Å². The van der Waals surface area contributed by atoms with Gasteiger partial charge in [0.25, 0.3) is 0 Å². The first kappa shape index (κ1) is 19.0. The monoisotopic (exact) mass is 384 g/mol. The molecule has 1 heterocycles. The van der Waals surface area contributed by atoms with Gasteiger partial charge in [-0.25, -0.2) is 0 Å². The molecule has 0 atom stereocenters. The lowest BCUT2D eigenvalue weighted by molar-refractivity contribution is 0.306. The first-order valence-corrected chi connectivity index (χ1v) is 10.1. The third-order valence-corrected chi connectivity index (χ3v) is 5.02. The third-order valence-electron chi connectivity index (χ3n) is 5.02. The zero-order chi connectivity index (χ0) is 20.1. The standard InChI is InChI=1S/C26H24O3/c1-2-3-17-28-23-15-9-7-13-20(23)18-22-25(27)21-14-8-10-16-24(21)29-26(22)19-11-5-4-6-12-19/h4-16H,2-3,17-18H2,1H3. The second kappa shape index (κ2) is 8.78. The summed E-state index contributed by atoms with van der Waals surface area (Å²) in [4.78, 5) is 13.4. The van der Waals surface area contributed by atoms with E-state index in [-0.39, 0.29) is 5.43 Å². The van der Waals surface area contributed by atoms with Gasteiger partial charge in [0, 0.05) is 17.5 Å². The van der Waals surface area contributed by atoms with Gasteiger partial charge in [-0.05, 0) is 30.2 Å². The lowest BCUT2D eigenvalue weighted by Crippen LogP contribution is -2.12. The van der Waals surface area contributed by atoms with Crippen LogP contribution < -0.4 is 10.2 Å². The van der Waals surface area contributed by atoms with E-state index in [2.05, 4.69) is 6.92 Å². The minimum Gasteiger partial charge on any atom is -0.493 e. The molecule has 0 N–H and O–H groups in total. The minimum atomic E-state index is 0.00839. The Morgan fingerprint density at radius 3 is 2.41 bits per heavy atom. The van der Waals surface area contributed by atoms with Gasteiger partial charge in [-0.2, -0.15) is 0 Å². The highest BCUT2D eigenvalue weighted by molar-refractivity contribution is 5.80. The number of ether oxygens (including phenoxy) is 1. The summed E-state index contributed by atoms with van der Waals surface area (Å²) >= 11 is 0. The number of rotatable bonds is 7. The molecule has 1 aromatic heterocycles. The largest absolute Gasteiger partial charge is 0.493 e. The van der Waals surface area contributed by atoms with Crippen molar-refractivity contribution in [1.82, 2.24) is 0 Å². The molecular formula is C26H24O3. The first-order chi connectivity index (χ1) is 14.3. The van der Waals surface area contributed by atoms with Crippen molar-refractivity contribution in [2.75, 3.05) is 6.61 Å². The van der Waals surface area contributed by atoms with E-state index in [1.807, 2.05) is 78.9 Å². The van der Waals surface area contributed by atoms with Crippen molar-refractivity contribution in [1.29, 1.82) is 0 Å². The molecule has 0 saturated heterocycles. The van der Waals surface area contributed by atoms with Crippen molar-refractivity contribution in [2.45, 2.75) is 26.2 Å². The third kappa shape index (κ3) is 4.09. The maximum atomic E-state index is 13.4. The molecule has 0 aliphatic rings. The molecule has 146 valence electrons. The van der Waals surface area contributed by atoms with Gasteiger partial charge in [-0.15, -0.1) is 0 Å². The van der Waals surface area contributed by atoms with Crippen molar-refractivity contribution >= 4 is 11.0 Å². The van der Waals surface area contributed by atoms with Crippen LogP contribution in [0.25, 0.3) is 22.3 Å². The normalized spacial score (nSPS) is 10.9. The summed E-state index contributed by atoms with van der Waals surface area (Å²) in [7, 11) is 0. The molecule has 3 heteroatoms. The van der Waals surface area contributed by atoms with E-state index < -0.39 is 0 Å². The topological polar surface area (TPSA) is 39.4 Å². The van der Waals surface area contributed by atoms with E-state index in [1.165, 1.54) is 0 Å². The Hall–Kier alpha value is -3.33. The molecule has 4 aromatic rings. The number of fused-ring (bicyclic) bond motifs is 1. The molecule has 3 aromatic carbocycles. The van der Waals surface area contributed by atoms with Crippen molar-refractivity contribution in [3.63, 3.8) is 0 Å². The SMILES string of the molecule is CCCCOc1ccccc1Cc1c(-c2ccccc2)oc2ccccc2c1=O. The summed E-state index contributed by atoms with van der Waals surface area (Å²) in [6.45, 7) is 2.81. The number of para-hydroxylation sites is 2. The van der Waals surface area contributed by atoms with Crippen LogP contribution in [0.15, 0.2) is 88.1 Å². The molecule has 0 amide bonds. The van der Waals surface area contributed by atoms with Crippen LogP contribution in [0.1, 0.15) is 30.9 Å². The quantitative estimate of drug-likeness (QED) is 0.355. The fourth-order valence-electron chi connectivity index (χ4n) is 3.47. The zero-order valence-electron chi connectivity index (χ0n) is 16.6. The maximum Gasteiger partial charge on any atom is 0.196 e. The highest BCUT2D eigenvalue weighted by atomic mass is 16.5. The second-order valence-corrected chi connectivity index (χ2v) is 7.09. The first-order valence-electron chi connectivity index (χ1n) is 10.1. The summed E-state index contributed by atoms with van der Waals surface area (Å²) in [5, 5.41) is 0.603. The van der Waals surface area contributed by atoms with Crippen molar-refractivity contribution in [2.24, 2.45) is 0 Å². The fraction of sp³-hybridized carbons (Fsp3) is 0.192. The van der Waals surface area contributed by atoms with Crippen LogP contribution in [-0.2, 0) is 6.42 Å². The van der Waals surface area contributed by atoms with Crippen LogP contribution in [-0.4, -0.2) is 6.61 Å². The molecule has 0 fully saturated rings. The van der Waals surface area contributed by atoms with E-state index in [1.54, 1.807) is 0 Å². The average molecular weight is 384 g/mol. The lowest BCUT2D eigenvalue weighted by atomic mass is 9.98. The Morgan fingerprint density at radius 2 is 1.59 bits per heavy atom. The zero-order valence-corrected chi connectivity index (χ0v) is 16.6. The van der Waals surface area contributed by atoms with Crippen LogP contribution in [0.2, 0.25) is 0 Å². The molecule has 3 nitrogen and oxygen atoms in total. The predicted octanol–water partition coefficient (Wildman–Crippen LogP) is 6.23. The van der Waals surface area contributed by atoms with Crippen molar-refractivity contribution in [3.05, 3.63) is 100 Å². The molecule has 29 heavy (non-hydrogen) atoms. The Kier molecular flexibility index (Phi) is 5.76. The second-order valence-electron chi connectivity index (χ2n) is 7.09. The molecule has 0 radical (unpaired) electrons. The number of unbranched alkanes of at least 4 members (excludes halogenated alkanes) is 1. The van der Waals surface area contributed by atoms with Gasteiger partial charge in [-0.1, -0.05) is 74.0 Å². The molecule has 0 unspecified atom stereocenters. The van der Waals surface area contributed by atoms with Crippen LogP contribution >= 0.6 is 0 Å². The highest BCUT2D eigenvalue weighted by Gasteiger charge is 2.18. The van der Waals surface area contributed by atoms with Gasteiger partial charge >= 0.3 is 0 Å². The maximum absolute atomic E-state index is 13.4. The summed E-state index contributed by atoms with van der Waals surface area (Å²) < 4.78 is 12.2. The van der Waals surface area contributed by atoms with Gasteiger partial charge in [0.15, 0.2) is 5.43 Å². The van der Waals surface area contributed by atoms with E-state index in [9.17, 15) is 4.79 Å². The molecule has 0 aliphatic heterocycles. The van der Waals surface area contributed by atoms with Crippen LogP contribution in [0.5, 0.6) is 5.75 Å². The van der Waals surface area contributed by atoms with E-state index >= 15 is 0 Å². The van der Waals surface area contributed by atoms with Gasteiger partial charge in [0.05, 0.1) is 12.0 Å². The van der Waals surface area contributed by atoms with Gasteiger partial charge in [0.1, 0.15) is 17.1 Å². The van der Waals surface area contributed by atoms with E-state index in [0.29, 0.717) is 35.3 Å². The fourth-order valence-corrected chi connectivity index (χ4v) is 3.47. The number of hydrogen-bond donors (Lipinski definition) is 0. The molecule has 4 rings (SSSR count). The molecule has 0 spiro atoms. The Labute approximate surface area is 170 Å². The van der Waals surface area contributed by atoms with Crippen molar-refractivity contribution < 1.29 is 9.15 Å².